The number of aryl methyl sites for hydroxylation is 1. The van der Waals surface area contributed by atoms with E-state index in [2.05, 4.69) is 10.1 Å². The summed E-state index contributed by atoms with van der Waals surface area (Å²) in [5, 5.41) is 12.1. The standard InChI is InChI=1S/C15H19N3O4.ClH/c1-10(19)14(15(21)22-3)16-13(20)8-18-9-17(2)11-6-4-5-7-12(11)18;/h4-7,9-10,14,19H,8H2,1-3H3;1H/t10-,14+;/m1./s1. The number of halogens is 1. The average molecular weight is 342 g/mol. The van der Waals surface area contributed by atoms with E-state index in [-0.39, 0.29) is 24.9 Å². The number of nitrogens with zero attached hydrogens (tertiary/aromatic N) is 2. The average Bonchev–Trinajstić information content (AvgIpc) is 2.80. The highest BCUT2D eigenvalue weighted by Crippen LogP contribution is 2.09. The van der Waals surface area contributed by atoms with Gasteiger partial charge in [0.25, 0.3) is 5.91 Å². The molecule has 0 bridgehead atoms. The molecule has 1 amide bonds. The summed E-state index contributed by atoms with van der Waals surface area (Å²) in [4.78, 5) is 23.7. The van der Waals surface area contributed by atoms with Crippen molar-refractivity contribution in [1.29, 1.82) is 0 Å². The van der Waals surface area contributed by atoms with E-state index in [0.717, 1.165) is 11.0 Å². The molecule has 1 heterocycles. The Morgan fingerprint density at radius 3 is 2.65 bits per heavy atom. The van der Waals surface area contributed by atoms with Gasteiger partial charge in [0.15, 0.2) is 23.6 Å². The first-order valence-corrected chi connectivity index (χ1v) is 6.92. The Balaban J connectivity index is 0.00000264. The number of amides is 1. The molecule has 0 radical (unpaired) electrons. The fourth-order valence-corrected chi connectivity index (χ4v) is 2.34. The fraction of sp³-hybridized carbons (Fsp3) is 0.400. The normalized spacial score (nSPS) is 13.0. The van der Waals surface area contributed by atoms with Crippen LogP contribution in [0.4, 0.5) is 0 Å². The number of nitrogens with one attached hydrogen (secondary N) is 1. The largest absolute Gasteiger partial charge is 1.00 e. The zero-order chi connectivity index (χ0) is 16.3. The van der Waals surface area contributed by atoms with Gasteiger partial charge in [-0.25, -0.2) is 13.9 Å². The summed E-state index contributed by atoms with van der Waals surface area (Å²) in [6.07, 6.45) is 0.772. The Hall–Kier alpha value is -2.12. The van der Waals surface area contributed by atoms with Gasteiger partial charge in [0.05, 0.1) is 20.3 Å². The molecule has 1 aromatic heterocycles. The second-order valence-corrected chi connectivity index (χ2v) is 5.15. The molecular formula is C15H20ClN3O4. The third-order valence-corrected chi connectivity index (χ3v) is 3.45. The highest BCUT2D eigenvalue weighted by atomic mass is 35.5. The van der Waals surface area contributed by atoms with Crippen molar-refractivity contribution in [2.75, 3.05) is 7.11 Å². The maximum absolute atomic E-state index is 12.1. The molecule has 2 N–H and O–H groups in total. The molecule has 0 saturated heterocycles. The van der Waals surface area contributed by atoms with Gasteiger partial charge < -0.3 is 27.6 Å². The van der Waals surface area contributed by atoms with Crippen molar-refractivity contribution in [2.45, 2.75) is 25.6 Å². The molecule has 126 valence electrons. The van der Waals surface area contributed by atoms with E-state index in [9.17, 15) is 14.7 Å². The van der Waals surface area contributed by atoms with Crippen LogP contribution in [0.25, 0.3) is 11.0 Å². The highest BCUT2D eigenvalue weighted by molar-refractivity contribution is 5.85. The molecule has 0 aliphatic rings. The number of hydrogen-bond donors (Lipinski definition) is 2. The van der Waals surface area contributed by atoms with Crippen LogP contribution in [0.2, 0.25) is 0 Å². The molecule has 0 spiro atoms. The van der Waals surface area contributed by atoms with Crippen LogP contribution < -0.4 is 22.3 Å². The van der Waals surface area contributed by atoms with Gasteiger partial charge in [0.2, 0.25) is 6.33 Å². The van der Waals surface area contributed by atoms with Gasteiger partial charge >= 0.3 is 5.97 Å². The summed E-state index contributed by atoms with van der Waals surface area (Å²) in [6.45, 7) is 1.47. The number of ether oxygens (including phenoxy) is 1. The lowest BCUT2D eigenvalue weighted by atomic mass is 10.2. The molecule has 7 nitrogen and oxygen atoms in total. The Bertz CT molecular complexity index is 699. The molecule has 2 rings (SSSR count). The Morgan fingerprint density at radius 2 is 2.04 bits per heavy atom. The Morgan fingerprint density at radius 1 is 1.39 bits per heavy atom. The van der Waals surface area contributed by atoms with E-state index in [4.69, 9.17) is 0 Å². The van der Waals surface area contributed by atoms with Crippen molar-refractivity contribution in [3.05, 3.63) is 30.6 Å². The molecule has 0 saturated carbocycles. The quantitative estimate of drug-likeness (QED) is 0.437. The highest BCUT2D eigenvalue weighted by Gasteiger charge is 2.27. The summed E-state index contributed by atoms with van der Waals surface area (Å²) < 4.78 is 8.27. The number of imidazole rings is 1. The zero-order valence-corrected chi connectivity index (χ0v) is 13.9. The summed E-state index contributed by atoms with van der Waals surface area (Å²) in [5.74, 6) is -1.05. The van der Waals surface area contributed by atoms with Gasteiger partial charge in [0.1, 0.15) is 0 Å². The minimum absolute atomic E-state index is 0. The first-order valence-electron chi connectivity index (χ1n) is 6.92. The van der Waals surface area contributed by atoms with Crippen LogP contribution in [-0.4, -0.2) is 40.8 Å². The first kappa shape index (κ1) is 18.9. The first-order chi connectivity index (χ1) is 10.4. The summed E-state index contributed by atoms with van der Waals surface area (Å²) in [5.41, 5.74) is 1.90. The number of rotatable bonds is 5. The Labute approximate surface area is 140 Å². The summed E-state index contributed by atoms with van der Waals surface area (Å²) in [6, 6.07) is 6.61. The molecule has 8 heteroatoms. The van der Waals surface area contributed by atoms with Crippen molar-refractivity contribution in [3.8, 4) is 0 Å². The molecule has 2 aromatic rings. The van der Waals surface area contributed by atoms with Crippen molar-refractivity contribution >= 4 is 22.9 Å². The zero-order valence-electron chi connectivity index (χ0n) is 13.2. The van der Waals surface area contributed by atoms with Gasteiger partial charge in [-0.2, -0.15) is 0 Å². The van der Waals surface area contributed by atoms with E-state index in [1.165, 1.54) is 14.0 Å². The third kappa shape index (κ3) is 4.20. The lowest BCUT2D eigenvalue weighted by Gasteiger charge is -2.18. The van der Waals surface area contributed by atoms with Crippen LogP contribution >= 0.6 is 0 Å². The number of para-hydroxylation sites is 2. The van der Waals surface area contributed by atoms with Gasteiger partial charge in [-0.05, 0) is 19.1 Å². The second-order valence-electron chi connectivity index (χ2n) is 5.15. The number of benzene rings is 1. The lowest BCUT2D eigenvalue weighted by molar-refractivity contribution is -0.645. The third-order valence-electron chi connectivity index (χ3n) is 3.45. The molecule has 0 aliphatic carbocycles. The number of esters is 1. The maximum Gasteiger partial charge on any atom is 0.331 e. The van der Waals surface area contributed by atoms with E-state index in [1.54, 1.807) is 10.9 Å². The van der Waals surface area contributed by atoms with Crippen LogP contribution in [0, 0.1) is 0 Å². The summed E-state index contributed by atoms with van der Waals surface area (Å²) in [7, 11) is 3.10. The molecule has 2 atom stereocenters. The minimum atomic E-state index is -1.08. The fourth-order valence-electron chi connectivity index (χ4n) is 2.34. The number of carbonyl (C=O) groups is 2. The van der Waals surface area contributed by atoms with Crippen molar-refractivity contribution < 1.29 is 36.4 Å². The molecule has 0 aliphatic heterocycles. The van der Waals surface area contributed by atoms with Crippen LogP contribution in [0.1, 0.15) is 6.92 Å². The van der Waals surface area contributed by atoms with Crippen LogP contribution in [0.5, 0.6) is 0 Å². The predicted molar refractivity (Wildman–Crippen MR) is 78.7 cm³/mol. The number of hydrogen-bond acceptors (Lipinski definition) is 4. The smallest absolute Gasteiger partial charge is 0.331 e. The number of aliphatic hydroxyl groups is 1. The molecule has 0 fully saturated rings. The maximum atomic E-state index is 12.1. The van der Waals surface area contributed by atoms with Gasteiger partial charge in [0, 0.05) is 0 Å². The monoisotopic (exact) mass is 341 g/mol. The molecule has 0 unspecified atom stereocenters. The molecular weight excluding hydrogens is 322 g/mol. The van der Waals surface area contributed by atoms with E-state index >= 15 is 0 Å². The Kier molecular flexibility index (Phi) is 6.53. The SMILES string of the molecule is COC(=O)[C@@H](NC(=O)Cn1c[n+](C)c2ccccc21)[C@@H](C)O.[Cl-]. The number of carbonyl (C=O) groups excluding carboxylic acids is 2. The lowest BCUT2D eigenvalue weighted by Crippen LogP contribution is -3.00. The number of methoxy groups -OCH3 is 1. The van der Waals surface area contributed by atoms with Gasteiger partial charge in [-0.3, -0.25) is 4.79 Å². The van der Waals surface area contributed by atoms with Crippen molar-refractivity contribution in [3.63, 3.8) is 0 Å². The van der Waals surface area contributed by atoms with Crippen molar-refractivity contribution in [1.82, 2.24) is 9.88 Å². The van der Waals surface area contributed by atoms with E-state index in [0.29, 0.717) is 0 Å². The number of aliphatic hydroxyl groups excluding tert-OH is 1. The number of fused-ring (bicyclic) bond motifs is 1. The van der Waals surface area contributed by atoms with Crippen molar-refractivity contribution in [2.24, 2.45) is 7.05 Å². The van der Waals surface area contributed by atoms with Gasteiger partial charge in [-0.15, -0.1) is 0 Å². The number of aromatic nitrogens is 2. The van der Waals surface area contributed by atoms with Crippen LogP contribution in [0.3, 0.4) is 0 Å². The molecule has 23 heavy (non-hydrogen) atoms. The predicted octanol–water partition coefficient (Wildman–Crippen LogP) is -3.49. The van der Waals surface area contributed by atoms with Crippen LogP contribution in [0.15, 0.2) is 30.6 Å². The molecule has 1 aromatic carbocycles. The van der Waals surface area contributed by atoms with Gasteiger partial charge in [-0.1, -0.05) is 12.1 Å². The van der Waals surface area contributed by atoms with E-state index < -0.39 is 18.1 Å². The minimum Gasteiger partial charge on any atom is -1.00 e. The summed E-state index contributed by atoms with van der Waals surface area (Å²) >= 11 is 0. The van der Waals surface area contributed by atoms with Crippen LogP contribution in [-0.2, 0) is 27.9 Å². The topological polar surface area (TPSA) is 84.4 Å². The second kappa shape index (κ2) is 7.94. The van der Waals surface area contributed by atoms with E-state index in [1.807, 2.05) is 35.9 Å².